The molecule has 110 valence electrons. The fourth-order valence-electron chi connectivity index (χ4n) is 2.40. The van der Waals surface area contributed by atoms with Gasteiger partial charge in [0.2, 0.25) is 0 Å². The molecule has 2 aromatic carbocycles. The van der Waals surface area contributed by atoms with E-state index in [-0.39, 0.29) is 10.6 Å². The summed E-state index contributed by atoms with van der Waals surface area (Å²) >= 11 is 0. The van der Waals surface area contributed by atoms with Crippen LogP contribution in [0.15, 0.2) is 54.6 Å². The molecule has 0 aliphatic rings. The van der Waals surface area contributed by atoms with Crippen LogP contribution in [0.3, 0.4) is 0 Å². The van der Waals surface area contributed by atoms with E-state index in [1.807, 2.05) is 24.3 Å². The Morgan fingerprint density at radius 3 is 2.43 bits per heavy atom. The highest BCUT2D eigenvalue weighted by Crippen LogP contribution is 2.25. The highest BCUT2D eigenvalue weighted by Gasteiger charge is 2.15. The summed E-state index contributed by atoms with van der Waals surface area (Å²) in [5, 5.41) is 14.1. The first-order valence-corrected chi connectivity index (χ1v) is 7.11. The van der Waals surface area contributed by atoms with Crippen LogP contribution in [0, 0.1) is 16.0 Å². The van der Waals surface area contributed by atoms with Crippen LogP contribution in [-0.2, 0) is 0 Å². The van der Waals surface area contributed by atoms with Gasteiger partial charge in [-0.2, -0.15) is 0 Å². The summed E-state index contributed by atoms with van der Waals surface area (Å²) in [6.07, 6.45) is 0. The van der Waals surface area contributed by atoms with Gasteiger partial charge in [-0.15, -0.1) is 0 Å². The van der Waals surface area contributed by atoms with E-state index < -0.39 is 0 Å². The molecule has 0 amide bonds. The normalized spacial score (nSPS) is 12.1. The summed E-state index contributed by atoms with van der Waals surface area (Å²) in [6.45, 7) is 5.13. The predicted octanol–water partition coefficient (Wildman–Crippen LogP) is 4.45. The molecule has 0 bridgehead atoms. The zero-order valence-electron chi connectivity index (χ0n) is 12.3. The lowest BCUT2D eigenvalue weighted by molar-refractivity contribution is -0.384. The third kappa shape index (κ3) is 4.05. The standard InChI is InChI=1S/C17H20N2O2/c1-13(2)17(14-7-4-3-5-8-14)12-18-15-9-6-10-16(11-15)19(20)21/h3-11,13,17-18H,12H2,1-2H3. The Labute approximate surface area is 125 Å². The molecule has 2 rings (SSSR count). The summed E-state index contributed by atoms with van der Waals surface area (Å²) in [5.74, 6) is 0.851. The lowest BCUT2D eigenvalue weighted by atomic mass is 9.88. The first-order chi connectivity index (χ1) is 10.1. The molecule has 0 spiro atoms. The Hall–Kier alpha value is -2.36. The lowest BCUT2D eigenvalue weighted by Gasteiger charge is -2.22. The number of non-ortho nitro benzene ring substituents is 1. The van der Waals surface area contributed by atoms with E-state index in [4.69, 9.17) is 0 Å². The van der Waals surface area contributed by atoms with E-state index in [0.717, 1.165) is 12.2 Å². The number of benzene rings is 2. The number of rotatable bonds is 6. The molecule has 4 heteroatoms. The third-order valence-electron chi connectivity index (χ3n) is 3.62. The Bertz CT molecular complexity index is 597. The van der Waals surface area contributed by atoms with Gasteiger partial charge in [-0.1, -0.05) is 50.2 Å². The number of nitrogens with zero attached hydrogens (tertiary/aromatic N) is 1. The second-order valence-corrected chi connectivity index (χ2v) is 5.45. The average molecular weight is 284 g/mol. The van der Waals surface area contributed by atoms with Crippen molar-refractivity contribution >= 4 is 11.4 Å². The van der Waals surface area contributed by atoms with Crippen LogP contribution in [0.25, 0.3) is 0 Å². The van der Waals surface area contributed by atoms with Gasteiger partial charge in [-0.25, -0.2) is 0 Å². The molecule has 0 fully saturated rings. The number of hydrogen-bond donors (Lipinski definition) is 1. The van der Waals surface area contributed by atoms with Gasteiger partial charge in [-0.3, -0.25) is 10.1 Å². The van der Waals surface area contributed by atoms with Crippen LogP contribution < -0.4 is 5.32 Å². The molecule has 1 N–H and O–H groups in total. The molecule has 0 aliphatic carbocycles. The number of anilines is 1. The van der Waals surface area contributed by atoms with Crippen molar-refractivity contribution in [3.63, 3.8) is 0 Å². The van der Waals surface area contributed by atoms with E-state index in [1.165, 1.54) is 11.6 Å². The van der Waals surface area contributed by atoms with Crippen molar-refractivity contribution in [1.82, 2.24) is 0 Å². The zero-order valence-corrected chi connectivity index (χ0v) is 12.3. The number of hydrogen-bond acceptors (Lipinski definition) is 3. The molecule has 2 aromatic rings. The number of nitro benzene ring substituents is 1. The van der Waals surface area contributed by atoms with Gasteiger partial charge in [-0.05, 0) is 17.5 Å². The topological polar surface area (TPSA) is 55.2 Å². The molecule has 0 radical (unpaired) electrons. The summed E-state index contributed by atoms with van der Waals surface area (Å²) in [5.41, 5.74) is 2.18. The number of nitro groups is 1. The van der Waals surface area contributed by atoms with Crippen molar-refractivity contribution in [2.45, 2.75) is 19.8 Å². The third-order valence-corrected chi connectivity index (χ3v) is 3.62. The Morgan fingerprint density at radius 1 is 1.10 bits per heavy atom. The summed E-state index contributed by atoms with van der Waals surface area (Å²) in [6, 6.07) is 17.0. The maximum Gasteiger partial charge on any atom is 0.271 e. The second kappa shape index (κ2) is 6.88. The molecular formula is C17H20N2O2. The van der Waals surface area contributed by atoms with Crippen molar-refractivity contribution in [2.75, 3.05) is 11.9 Å². The molecule has 4 nitrogen and oxygen atoms in total. The van der Waals surface area contributed by atoms with Gasteiger partial charge in [0.25, 0.3) is 5.69 Å². The first-order valence-electron chi connectivity index (χ1n) is 7.11. The highest BCUT2D eigenvalue weighted by molar-refractivity contribution is 5.51. The minimum atomic E-state index is -0.373. The smallest absolute Gasteiger partial charge is 0.271 e. The van der Waals surface area contributed by atoms with E-state index in [9.17, 15) is 10.1 Å². The maximum atomic E-state index is 10.8. The minimum absolute atomic E-state index is 0.112. The van der Waals surface area contributed by atoms with Crippen molar-refractivity contribution < 1.29 is 4.92 Å². The van der Waals surface area contributed by atoms with Crippen molar-refractivity contribution in [1.29, 1.82) is 0 Å². The predicted molar refractivity (Wildman–Crippen MR) is 85.6 cm³/mol. The van der Waals surface area contributed by atoms with E-state index in [0.29, 0.717) is 11.8 Å². The van der Waals surface area contributed by atoms with Crippen molar-refractivity contribution in [2.24, 2.45) is 5.92 Å². The van der Waals surface area contributed by atoms with E-state index >= 15 is 0 Å². The molecule has 21 heavy (non-hydrogen) atoms. The Balaban J connectivity index is 2.09. The van der Waals surface area contributed by atoms with Crippen LogP contribution in [-0.4, -0.2) is 11.5 Å². The molecule has 0 saturated heterocycles. The maximum absolute atomic E-state index is 10.8. The second-order valence-electron chi connectivity index (χ2n) is 5.45. The lowest BCUT2D eigenvalue weighted by Crippen LogP contribution is -2.17. The Morgan fingerprint density at radius 2 is 1.81 bits per heavy atom. The molecular weight excluding hydrogens is 264 g/mol. The van der Waals surface area contributed by atoms with Crippen LogP contribution in [0.2, 0.25) is 0 Å². The van der Waals surface area contributed by atoms with Gasteiger partial charge in [0.05, 0.1) is 4.92 Å². The van der Waals surface area contributed by atoms with Gasteiger partial charge < -0.3 is 5.32 Å². The van der Waals surface area contributed by atoms with Crippen LogP contribution in [0.5, 0.6) is 0 Å². The summed E-state index contributed by atoms with van der Waals surface area (Å²) in [7, 11) is 0. The molecule has 0 heterocycles. The van der Waals surface area contributed by atoms with E-state index in [1.54, 1.807) is 12.1 Å². The molecule has 1 atom stereocenters. The first kappa shape index (κ1) is 15.0. The quantitative estimate of drug-likeness (QED) is 0.630. The van der Waals surface area contributed by atoms with Gasteiger partial charge in [0.1, 0.15) is 0 Å². The van der Waals surface area contributed by atoms with Gasteiger partial charge in [0, 0.05) is 30.3 Å². The summed E-state index contributed by atoms with van der Waals surface area (Å²) < 4.78 is 0. The van der Waals surface area contributed by atoms with Crippen molar-refractivity contribution in [3.8, 4) is 0 Å². The van der Waals surface area contributed by atoms with E-state index in [2.05, 4.69) is 31.3 Å². The van der Waals surface area contributed by atoms with Crippen LogP contribution >= 0.6 is 0 Å². The number of nitrogens with one attached hydrogen (secondary N) is 1. The van der Waals surface area contributed by atoms with Crippen molar-refractivity contribution in [3.05, 3.63) is 70.3 Å². The van der Waals surface area contributed by atoms with Crippen LogP contribution in [0.4, 0.5) is 11.4 Å². The fourth-order valence-corrected chi connectivity index (χ4v) is 2.40. The molecule has 1 unspecified atom stereocenters. The fraction of sp³-hybridized carbons (Fsp3) is 0.294. The molecule has 0 aromatic heterocycles. The largest absolute Gasteiger partial charge is 0.384 e. The van der Waals surface area contributed by atoms with Gasteiger partial charge >= 0.3 is 0 Å². The molecule has 0 saturated carbocycles. The average Bonchev–Trinajstić information content (AvgIpc) is 2.48. The molecule has 0 aliphatic heterocycles. The zero-order chi connectivity index (χ0) is 15.2. The SMILES string of the molecule is CC(C)C(CNc1cccc([N+](=O)[O-])c1)c1ccccc1. The Kier molecular flexibility index (Phi) is 4.93. The minimum Gasteiger partial charge on any atom is -0.384 e. The van der Waals surface area contributed by atoms with Gasteiger partial charge in [0.15, 0.2) is 0 Å². The van der Waals surface area contributed by atoms with Crippen LogP contribution in [0.1, 0.15) is 25.3 Å². The summed E-state index contributed by atoms with van der Waals surface area (Å²) in [4.78, 5) is 10.4. The highest BCUT2D eigenvalue weighted by atomic mass is 16.6. The monoisotopic (exact) mass is 284 g/mol.